The zero-order valence-corrected chi connectivity index (χ0v) is 18.0. The predicted molar refractivity (Wildman–Crippen MR) is 114 cm³/mol. The smallest absolute Gasteiger partial charge is 0.379 e. The molecule has 1 aromatic carbocycles. The van der Waals surface area contributed by atoms with Crippen LogP contribution in [0.3, 0.4) is 0 Å². The van der Waals surface area contributed by atoms with Gasteiger partial charge in [-0.15, -0.1) is 16.4 Å². The maximum Gasteiger partial charge on any atom is 0.416 e. The molecule has 1 N–H and O–H groups in total. The van der Waals surface area contributed by atoms with Crippen LogP contribution in [0.4, 0.5) is 13.2 Å². The van der Waals surface area contributed by atoms with E-state index in [2.05, 4.69) is 20.3 Å². The monoisotopic (exact) mass is 465 g/mol. The minimum absolute atomic E-state index is 0.0859. The Kier molecular flexibility index (Phi) is 6.87. The van der Waals surface area contributed by atoms with Crippen molar-refractivity contribution in [2.24, 2.45) is 0 Å². The summed E-state index contributed by atoms with van der Waals surface area (Å²) in [5.74, 6) is -0.231. The van der Waals surface area contributed by atoms with Gasteiger partial charge in [0.05, 0.1) is 29.3 Å². The summed E-state index contributed by atoms with van der Waals surface area (Å²) in [5.41, 5.74) is -0.612. The SMILES string of the molecule is O=C(NCCCN1CCOCC1)c1nc(-c2cccs2)n(-c2cccc(C(F)(F)F)c2)n1. The fourth-order valence-electron chi connectivity index (χ4n) is 3.38. The molecule has 170 valence electrons. The van der Waals surface area contributed by atoms with E-state index in [1.165, 1.54) is 28.2 Å². The van der Waals surface area contributed by atoms with E-state index in [0.29, 0.717) is 17.2 Å². The highest BCUT2D eigenvalue weighted by Crippen LogP contribution is 2.32. The second-order valence-electron chi connectivity index (χ2n) is 7.26. The number of carbonyl (C=O) groups is 1. The van der Waals surface area contributed by atoms with Gasteiger partial charge in [0.15, 0.2) is 5.82 Å². The van der Waals surface area contributed by atoms with Crippen LogP contribution < -0.4 is 5.32 Å². The summed E-state index contributed by atoms with van der Waals surface area (Å²) < 4.78 is 46.1. The number of amides is 1. The van der Waals surface area contributed by atoms with Gasteiger partial charge in [-0.1, -0.05) is 12.1 Å². The van der Waals surface area contributed by atoms with Crippen LogP contribution in [-0.2, 0) is 10.9 Å². The molecule has 1 aliphatic heterocycles. The van der Waals surface area contributed by atoms with E-state index >= 15 is 0 Å². The summed E-state index contributed by atoms with van der Waals surface area (Å²) >= 11 is 1.36. The van der Waals surface area contributed by atoms with Crippen LogP contribution in [0.15, 0.2) is 41.8 Å². The molecule has 2 aromatic heterocycles. The van der Waals surface area contributed by atoms with Gasteiger partial charge in [0, 0.05) is 19.6 Å². The number of thiophene rings is 1. The zero-order chi connectivity index (χ0) is 22.6. The number of carbonyl (C=O) groups excluding carboxylic acids is 1. The fourth-order valence-corrected chi connectivity index (χ4v) is 4.07. The maximum atomic E-state index is 13.2. The maximum absolute atomic E-state index is 13.2. The van der Waals surface area contributed by atoms with Crippen molar-refractivity contribution in [3.63, 3.8) is 0 Å². The van der Waals surface area contributed by atoms with Crippen LogP contribution >= 0.6 is 11.3 Å². The van der Waals surface area contributed by atoms with Crippen LogP contribution in [0, 0.1) is 0 Å². The van der Waals surface area contributed by atoms with E-state index in [4.69, 9.17) is 4.74 Å². The van der Waals surface area contributed by atoms with Crippen molar-refractivity contribution in [2.45, 2.75) is 12.6 Å². The summed E-state index contributed by atoms with van der Waals surface area (Å²) in [6, 6.07) is 8.39. The molecule has 1 amide bonds. The first-order chi connectivity index (χ1) is 15.4. The summed E-state index contributed by atoms with van der Waals surface area (Å²) in [4.78, 5) is 19.9. The van der Waals surface area contributed by atoms with Crippen molar-refractivity contribution in [1.82, 2.24) is 25.0 Å². The molecule has 11 heteroatoms. The topological polar surface area (TPSA) is 72.3 Å². The van der Waals surface area contributed by atoms with Crippen molar-refractivity contribution in [3.8, 4) is 16.4 Å². The van der Waals surface area contributed by atoms with Gasteiger partial charge in [0.25, 0.3) is 5.91 Å². The number of morpholine rings is 1. The van der Waals surface area contributed by atoms with Gasteiger partial charge in [-0.25, -0.2) is 9.67 Å². The standard InChI is InChI=1S/C21H22F3N5O2S/c22-21(23,24)15-4-1-5-16(14-15)29-19(17-6-2-13-32-17)26-18(27-29)20(30)25-7-3-8-28-9-11-31-12-10-28/h1-2,4-6,13-14H,3,7-12H2,(H,25,30). The number of nitrogens with zero attached hydrogens (tertiary/aromatic N) is 4. The second-order valence-corrected chi connectivity index (χ2v) is 8.21. The number of halogens is 3. The van der Waals surface area contributed by atoms with Gasteiger partial charge in [-0.05, 0) is 42.6 Å². The quantitative estimate of drug-likeness (QED) is 0.541. The minimum atomic E-state index is -4.49. The number of nitrogens with one attached hydrogen (secondary N) is 1. The predicted octanol–water partition coefficient (Wildman–Crippen LogP) is 3.47. The third-order valence-electron chi connectivity index (χ3n) is 5.01. The van der Waals surface area contributed by atoms with Gasteiger partial charge in [0.1, 0.15) is 0 Å². The highest BCUT2D eigenvalue weighted by molar-refractivity contribution is 7.13. The molecule has 0 aliphatic carbocycles. The Labute approximate surface area is 186 Å². The Morgan fingerprint density at radius 1 is 1.19 bits per heavy atom. The minimum Gasteiger partial charge on any atom is -0.379 e. The van der Waals surface area contributed by atoms with Crippen LogP contribution in [-0.4, -0.2) is 65.0 Å². The molecule has 3 heterocycles. The lowest BCUT2D eigenvalue weighted by molar-refractivity contribution is -0.137. The number of alkyl halides is 3. The highest BCUT2D eigenvalue weighted by Gasteiger charge is 2.31. The van der Waals surface area contributed by atoms with Crippen molar-refractivity contribution >= 4 is 17.2 Å². The number of rotatable bonds is 7. The molecule has 0 atom stereocenters. The lowest BCUT2D eigenvalue weighted by Gasteiger charge is -2.26. The lowest BCUT2D eigenvalue weighted by atomic mass is 10.2. The van der Waals surface area contributed by atoms with Crippen molar-refractivity contribution in [2.75, 3.05) is 39.4 Å². The van der Waals surface area contributed by atoms with E-state index in [1.54, 1.807) is 12.1 Å². The number of hydrogen-bond donors (Lipinski definition) is 1. The van der Waals surface area contributed by atoms with Gasteiger partial charge in [-0.2, -0.15) is 13.2 Å². The summed E-state index contributed by atoms with van der Waals surface area (Å²) in [5, 5.41) is 8.86. The van der Waals surface area contributed by atoms with Crippen molar-refractivity contribution < 1.29 is 22.7 Å². The third-order valence-corrected chi connectivity index (χ3v) is 5.88. The molecule has 1 aliphatic rings. The lowest BCUT2D eigenvalue weighted by Crippen LogP contribution is -2.38. The Bertz CT molecular complexity index is 1050. The molecule has 4 rings (SSSR count). The molecular formula is C21H22F3N5O2S. The Morgan fingerprint density at radius 3 is 2.72 bits per heavy atom. The normalized spacial score (nSPS) is 15.1. The molecular weight excluding hydrogens is 443 g/mol. The molecule has 1 fully saturated rings. The van der Waals surface area contributed by atoms with Crippen LogP contribution in [0.1, 0.15) is 22.6 Å². The van der Waals surface area contributed by atoms with Gasteiger partial charge < -0.3 is 10.1 Å². The molecule has 0 unspecified atom stereocenters. The largest absolute Gasteiger partial charge is 0.416 e. The number of benzene rings is 1. The molecule has 0 saturated carbocycles. The van der Waals surface area contributed by atoms with Crippen molar-refractivity contribution in [1.29, 1.82) is 0 Å². The van der Waals surface area contributed by atoms with E-state index in [9.17, 15) is 18.0 Å². The van der Waals surface area contributed by atoms with Gasteiger partial charge >= 0.3 is 6.18 Å². The van der Waals surface area contributed by atoms with E-state index < -0.39 is 17.6 Å². The van der Waals surface area contributed by atoms with Crippen molar-refractivity contribution in [3.05, 3.63) is 53.2 Å². The first-order valence-corrected chi connectivity index (χ1v) is 11.1. The number of hydrogen-bond acceptors (Lipinski definition) is 6. The van der Waals surface area contributed by atoms with E-state index in [-0.39, 0.29) is 11.5 Å². The zero-order valence-electron chi connectivity index (χ0n) is 17.1. The average Bonchev–Trinajstić information content (AvgIpc) is 3.47. The first kappa shape index (κ1) is 22.4. The molecule has 0 radical (unpaired) electrons. The Balaban J connectivity index is 1.51. The van der Waals surface area contributed by atoms with Crippen LogP contribution in [0.2, 0.25) is 0 Å². The van der Waals surface area contributed by atoms with E-state index in [0.717, 1.165) is 51.4 Å². The molecule has 32 heavy (non-hydrogen) atoms. The summed E-state index contributed by atoms with van der Waals surface area (Å²) in [6.45, 7) is 4.48. The number of aromatic nitrogens is 3. The highest BCUT2D eigenvalue weighted by atomic mass is 32.1. The third kappa shape index (κ3) is 5.34. The first-order valence-electron chi connectivity index (χ1n) is 10.2. The van der Waals surface area contributed by atoms with E-state index in [1.807, 2.05) is 5.38 Å². The molecule has 7 nitrogen and oxygen atoms in total. The van der Waals surface area contributed by atoms with Gasteiger partial charge in [0.2, 0.25) is 5.82 Å². The van der Waals surface area contributed by atoms with Gasteiger partial charge in [-0.3, -0.25) is 9.69 Å². The summed E-state index contributed by atoms with van der Waals surface area (Å²) in [6.07, 6.45) is -3.72. The average molecular weight is 466 g/mol. The second kappa shape index (κ2) is 9.80. The molecule has 0 bridgehead atoms. The number of ether oxygens (including phenoxy) is 1. The summed E-state index contributed by atoms with van der Waals surface area (Å²) in [7, 11) is 0. The molecule has 3 aromatic rings. The van der Waals surface area contributed by atoms with Crippen LogP contribution in [0.5, 0.6) is 0 Å². The van der Waals surface area contributed by atoms with Crippen LogP contribution in [0.25, 0.3) is 16.4 Å². The Morgan fingerprint density at radius 2 is 2.00 bits per heavy atom. The Hall–Kier alpha value is -2.76. The molecule has 1 saturated heterocycles. The fraction of sp³-hybridized carbons (Fsp3) is 0.381. The molecule has 0 spiro atoms.